The summed E-state index contributed by atoms with van der Waals surface area (Å²) in [6.07, 6.45) is 0. The molecule has 134 valence electrons. The third-order valence-corrected chi connectivity index (χ3v) is 0. The fourth-order valence-electron chi connectivity index (χ4n) is 0. The van der Waals surface area contributed by atoms with Crippen molar-refractivity contribution in [3.05, 3.63) is 0 Å². The summed E-state index contributed by atoms with van der Waals surface area (Å²) in [4.78, 5) is 0. The monoisotopic (exact) mass is 1270 g/mol. The van der Waals surface area contributed by atoms with E-state index < -0.39 is 67.0 Å². The smallest absolute Gasteiger partial charge is 2.00 e. The maximum absolute atomic E-state index is 8.63. The van der Waals surface area contributed by atoms with E-state index in [4.69, 9.17) is 57.3 Å². The van der Waals surface area contributed by atoms with Crippen molar-refractivity contribution in [2.24, 2.45) is 0 Å². The van der Waals surface area contributed by atoms with Gasteiger partial charge in [0.15, 0.2) is 0 Å². The molecular weight excluding hydrogens is 1260 g/mol. The van der Waals surface area contributed by atoms with E-state index in [1.807, 2.05) is 0 Å². The molecule has 0 saturated carbocycles. The first-order valence-electron chi connectivity index (χ1n) is 2.67. The normalized spacial score (nSPS) is 10.1. The molecule has 0 unspecified atom stereocenters. The standard InChI is InChI=1S/2Bi.4Mo.16O.Pb/q2*+3;;;;;;;;;;;;;8*-1;+2. The second-order valence-corrected chi connectivity index (χ2v) is 9.66. The Bertz CT molecular complexity index is 483. The van der Waals surface area contributed by atoms with Crippen molar-refractivity contribution in [1.82, 2.24) is 0 Å². The molecule has 0 rings (SSSR count). The van der Waals surface area contributed by atoms with Crippen LogP contribution in [0.2, 0.25) is 0 Å². The number of hydrogen-bond acceptors (Lipinski definition) is 16. The van der Waals surface area contributed by atoms with Crippen molar-refractivity contribution in [1.29, 1.82) is 0 Å². The summed E-state index contributed by atoms with van der Waals surface area (Å²) in [5.74, 6) is 0. The van der Waals surface area contributed by atoms with E-state index in [0.717, 1.165) is 0 Å². The van der Waals surface area contributed by atoms with E-state index in [1.54, 1.807) is 0 Å². The summed E-state index contributed by atoms with van der Waals surface area (Å²) >= 11 is -24.1. The third kappa shape index (κ3) is 1140. The van der Waals surface area contributed by atoms with Crippen molar-refractivity contribution >= 4 is 79.7 Å². The Kier molecular flexibility index (Phi) is 39.9. The van der Waals surface area contributed by atoms with E-state index in [0.29, 0.717) is 0 Å². The van der Waals surface area contributed by atoms with Crippen LogP contribution < -0.4 is 30.1 Å². The summed E-state index contributed by atoms with van der Waals surface area (Å²) in [6, 6.07) is 0. The van der Waals surface area contributed by atoms with Crippen LogP contribution in [-0.2, 0) is 94.2 Å². The van der Waals surface area contributed by atoms with Gasteiger partial charge >= 0.3 is 204 Å². The van der Waals surface area contributed by atoms with E-state index in [9.17, 15) is 0 Å². The fraction of sp³-hybridized carbons (Fsp3) is 0. The molecule has 0 aromatic heterocycles. The summed E-state index contributed by atoms with van der Waals surface area (Å²) in [6.45, 7) is 0. The van der Waals surface area contributed by atoms with Gasteiger partial charge in [-0.3, -0.25) is 0 Å². The van der Waals surface area contributed by atoms with Crippen molar-refractivity contribution in [2.75, 3.05) is 0 Å². The van der Waals surface area contributed by atoms with Gasteiger partial charge < -0.3 is 0 Å². The van der Waals surface area contributed by atoms with Gasteiger partial charge in [-0.1, -0.05) is 0 Å². The zero-order chi connectivity index (χ0) is 18.0. The first-order valence-corrected chi connectivity index (χ1v) is 15.8. The van der Waals surface area contributed by atoms with Crippen LogP contribution in [0.15, 0.2) is 0 Å². The van der Waals surface area contributed by atoms with Gasteiger partial charge in [0.2, 0.25) is 0 Å². The molecule has 0 atom stereocenters. The minimum absolute atomic E-state index is 0. The maximum atomic E-state index is 8.63. The molecule has 0 aliphatic heterocycles. The van der Waals surface area contributed by atoms with E-state index in [1.165, 1.54) is 0 Å². The average Bonchev–Trinajstić information content (AvgIpc) is 1.62. The van der Waals surface area contributed by atoms with E-state index >= 15 is 0 Å². The van der Waals surface area contributed by atoms with Gasteiger partial charge in [0.1, 0.15) is 0 Å². The maximum Gasteiger partial charge on any atom is 2.00 e. The quantitative estimate of drug-likeness (QED) is 0.203. The molecule has 0 aliphatic rings. The predicted molar refractivity (Wildman–Crippen MR) is 22.8 cm³/mol. The second kappa shape index (κ2) is 20.3. The van der Waals surface area contributed by atoms with Crippen LogP contribution >= 0.6 is 0 Å². The Morgan fingerprint density at radius 3 is 0.348 bits per heavy atom. The van der Waals surface area contributed by atoms with Gasteiger partial charge in [0.05, 0.1) is 0 Å². The summed E-state index contributed by atoms with van der Waals surface area (Å²) in [5, 5.41) is 0. The molecule has 0 spiro atoms. The molecular formula is Bi2Mo4O16Pb. The van der Waals surface area contributed by atoms with Crippen molar-refractivity contribution in [2.45, 2.75) is 0 Å². The van der Waals surface area contributed by atoms with E-state index in [-0.39, 0.29) is 79.7 Å². The first-order chi connectivity index (χ1) is 8.00. The Balaban J connectivity index is -0.0000000284. The molecule has 0 heterocycles. The molecule has 0 N–H and O–H groups in total. The molecule has 23 heavy (non-hydrogen) atoms. The molecule has 0 bridgehead atoms. The molecule has 23 heteroatoms. The topological polar surface area (TPSA) is 321 Å². The van der Waals surface area contributed by atoms with Crippen molar-refractivity contribution in [3.8, 4) is 0 Å². The Morgan fingerprint density at radius 2 is 0.348 bits per heavy atom. The van der Waals surface area contributed by atoms with Crippen LogP contribution in [0.1, 0.15) is 0 Å². The molecule has 16 nitrogen and oxygen atoms in total. The Labute approximate surface area is 200 Å². The van der Waals surface area contributed by atoms with Gasteiger partial charge in [0, 0.05) is 0 Å². The molecule has 0 fully saturated rings. The number of hydrogen-bond donors (Lipinski definition) is 0. The summed E-state index contributed by atoms with van der Waals surface area (Å²) in [7, 11) is 0. The van der Waals surface area contributed by atoms with Crippen molar-refractivity contribution in [3.63, 3.8) is 0 Å². The van der Waals surface area contributed by atoms with Gasteiger partial charge in [0.25, 0.3) is 0 Å². The molecule has 0 aromatic carbocycles. The van der Waals surface area contributed by atoms with Crippen LogP contribution in [0.5, 0.6) is 0 Å². The molecule has 6 radical (unpaired) electrons. The van der Waals surface area contributed by atoms with Crippen LogP contribution in [-0.4, -0.2) is 79.7 Å². The van der Waals surface area contributed by atoms with Gasteiger partial charge in [-0.15, -0.1) is 0 Å². The molecule has 0 saturated heterocycles. The predicted octanol–water partition coefficient (Wildman–Crippen LogP) is -11.6. The van der Waals surface area contributed by atoms with E-state index in [2.05, 4.69) is 0 Å². The Hall–Kier alpha value is 3.52. The fourth-order valence-corrected chi connectivity index (χ4v) is 0. The first kappa shape index (κ1) is 45.3. The number of rotatable bonds is 0. The average molecular weight is 1260 g/mol. The SMILES string of the molecule is [Bi+3].[Bi+3].[O]=[Mo](=[O])([O-])[O-].[O]=[Mo](=[O])([O-])[O-].[O]=[Mo](=[O])([O-])[O-].[O]=[Mo](=[O])([O-])[O-].[Pb+2]. The zero-order valence-corrected chi connectivity index (χ0v) is 28.4. The zero-order valence-electron chi connectivity index (χ0n) is 9.56. The summed E-state index contributed by atoms with van der Waals surface area (Å²) in [5.41, 5.74) is 0. The Morgan fingerprint density at radius 1 is 0.348 bits per heavy atom. The van der Waals surface area contributed by atoms with Crippen LogP contribution in [0.4, 0.5) is 0 Å². The minimum Gasteiger partial charge on any atom is 2.00 e. The van der Waals surface area contributed by atoms with Crippen LogP contribution in [0.25, 0.3) is 0 Å². The molecule has 0 aromatic rings. The minimum atomic E-state index is -6.02. The van der Waals surface area contributed by atoms with Gasteiger partial charge in [-0.2, -0.15) is 0 Å². The van der Waals surface area contributed by atoms with Crippen LogP contribution in [0, 0.1) is 0 Å². The third-order valence-electron chi connectivity index (χ3n) is 0. The largest absolute Gasteiger partial charge is 2.00 e. The summed E-state index contributed by atoms with van der Waals surface area (Å²) < 4.78 is 138. The molecule has 0 amide bonds. The van der Waals surface area contributed by atoms with Crippen LogP contribution in [0.3, 0.4) is 0 Å². The molecule has 0 aliphatic carbocycles. The van der Waals surface area contributed by atoms with Gasteiger partial charge in [-0.25, -0.2) is 0 Å². The van der Waals surface area contributed by atoms with Crippen molar-refractivity contribution < 1.29 is 124 Å². The second-order valence-electron chi connectivity index (χ2n) is 1.63. The van der Waals surface area contributed by atoms with Gasteiger partial charge in [-0.05, 0) is 0 Å².